The van der Waals surface area contributed by atoms with Crippen molar-refractivity contribution in [2.75, 3.05) is 4.72 Å². The smallest absolute Gasteiger partial charge is 0.323 e. The maximum absolute atomic E-state index is 11.6. The molecule has 0 fully saturated rings. The topological polar surface area (TPSA) is 109 Å². The molecule has 17 heavy (non-hydrogen) atoms. The maximum Gasteiger partial charge on any atom is 0.323 e. The summed E-state index contributed by atoms with van der Waals surface area (Å²) in [5, 5.41) is 6.63. The zero-order valence-electron chi connectivity index (χ0n) is 8.39. The third kappa shape index (κ3) is 3.18. The molecule has 1 aromatic heterocycles. The molecular weight excluding hydrogens is 293 g/mol. The number of nitrogens with zero attached hydrogens (tertiary/aromatic N) is 2. The molecule has 2 N–H and O–H groups in total. The van der Waals surface area contributed by atoms with Crippen molar-refractivity contribution in [2.45, 2.75) is 12.2 Å². The minimum absolute atomic E-state index is 0.137. The molecule has 94 valence electrons. The van der Waals surface area contributed by atoms with Gasteiger partial charge in [0.25, 0.3) is 0 Å². The van der Waals surface area contributed by atoms with Crippen LogP contribution in [0.3, 0.4) is 0 Å². The van der Waals surface area contributed by atoms with E-state index in [4.69, 9.17) is 28.3 Å². The van der Waals surface area contributed by atoms with Gasteiger partial charge in [0, 0.05) is 0 Å². The minimum Gasteiger partial charge on any atom is -0.480 e. The molecule has 0 bridgehead atoms. The van der Waals surface area contributed by atoms with Crippen LogP contribution in [0, 0.1) is 0 Å². The molecule has 0 aliphatic carbocycles. The Morgan fingerprint density at radius 2 is 2.06 bits per heavy atom. The maximum atomic E-state index is 11.6. The Kier molecular flexibility index (Phi) is 4.12. The van der Waals surface area contributed by atoms with Crippen molar-refractivity contribution in [3.63, 3.8) is 0 Å². The van der Waals surface area contributed by atoms with Gasteiger partial charge in [0.05, 0.1) is 0 Å². The number of aromatic nitrogens is 2. The summed E-state index contributed by atoms with van der Waals surface area (Å²) in [7, 11) is -4.13. The van der Waals surface area contributed by atoms with E-state index in [1.807, 2.05) is 4.72 Å². The van der Waals surface area contributed by atoms with Gasteiger partial charge < -0.3 is 5.11 Å². The summed E-state index contributed by atoms with van der Waals surface area (Å²) in [5.74, 6) is -1.76. The predicted molar refractivity (Wildman–Crippen MR) is 61.7 cm³/mol. The number of hydrogen-bond acceptors (Lipinski definition) is 5. The van der Waals surface area contributed by atoms with Crippen LogP contribution in [0.5, 0.6) is 0 Å². The lowest BCUT2D eigenvalue weighted by Gasteiger charge is -2.11. The zero-order valence-corrected chi connectivity index (χ0v) is 10.7. The Bertz CT molecular complexity index is 548. The fourth-order valence-corrected chi connectivity index (χ4v) is 1.98. The number of carboxylic acid groups (broad SMARTS) is 1. The number of carbonyl (C=O) groups is 1. The highest BCUT2D eigenvalue weighted by Gasteiger charge is 2.28. The molecule has 0 aromatic carbocycles. The number of nitrogens with one attached hydrogen (secondary N) is 1. The second kappa shape index (κ2) is 5.03. The normalized spacial score (nSPS) is 13.1. The first-order valence-electron chi connectivity index (χ1n) is 4.16. The molecule has 0 saturated heterocycles. The number of carboxylic acids is 1. The summed E-state index contributed by atoms with van der Waals surface area (Å²) < 4.78 is 25.0. The standard InChI is InChI=1S/C7H7Cl2N3O4S/c1-3(7(13)14)17(15,16)12-6-4(8)5(9)10-2-11-6/h2-3H,1H3,(H,13,14)(H,10,11,12). The average Bonchev–Trinajstić information content (AvgIpc) is 2.23. The number of anilines is 1. The summed E-state index contributed by atoms with van der Waals surface area (Å²) in [6, 6.07) is 0. The highest BCUT2D eigenvalue weighted by atomic mass is 35.5. The second-order valence-electron chi connectivity index (χ2n) is 2.95. The lowest BCUT2D eigenvalue weighted by atomic mass is 10.5. The van der Waals surface area contributed by atoms with Crippen molar-refractivity contribution in [3.05, 3.63) is 16.5 Å². The Labute approximate surface area is 107 Å². The van der Waals surface area contributed by atoms with Crippen LogP contribution in [-0.2, 0) is 14.8 Å². The molecule has 1 atom stereocenters. The summed E-state index contributed by atoms with van der Waals surface area (Å²) in [6.07, 6.45) is 0.998. The molecule has 1 unspecified atom stereocenters. The van der Waals surface area contributed by atoms with E-state index in [2.05, 4.69) is 9.97 Å². The van der Waals surface area contributed by atoms with E-state index in [1.54, 1.807) is 0 Å². The average molecular weight is 300 g/mol. The van der Waals surface area contributed by atoms with Gasteiger partial charge in [-0.25, -0.2) is 18.4 Å². The van der Waals surface area contributed by atoms with E-state index in [-0.39, 0.29) is 16.0 Å². The first kappa shape index (κ1) is 13.9. The summed E-state index contributed by atoms with van der Waals surface area (Å²) in [6.45, 7) is 1.02. The second-order valence-corrected chi connectivity index (χ2v) is 5.69. The largest absolute Gasteiger partial charge is 0.480 e. The van der Waals surface area contributed by atoms with Crippen LogP contribution in [0.1, 0.15) is 6.92 Å². The fraction of sp³-hybridized carbons (Fsp3) is 0.286. The van der Waals surface area contributed by atoms with Crippen molar-refractivity contribution < 1.29 is 18.3 Å². The molecule has 7 nitrogen and oxygen atoms in total. The molecule has 0 amide bonds. The number of halogens is 2. The Balaban J connectivity index is 3.07. The third-order valence-corrected chi connectivity index (χ3v) is 4.15. The lowest BCUT2D eigenvalue weighted by molar-refractivity contribution is -0.136. The van der Waals surface area contributed by atoms with Crippen LogP contribution >= 0.6 is 23.2 Å². The van der Waals surface area contributed by atoms with Crippen LogP contribution in [0.4, 0.5) is 5.82 Å². The molecule has 0 aliphatic heterocycles. The first-order valence-corrected chi connectivity index (χ1v) is 6.46. The van der Waals surface area contributed by atoms with Gasteiger partial charge in [-0.15, -0.1) is 0 Å². The lowest BCUT2D eigenvalue weighted by Crippen LogP contribution is -2.32. The van der Waals surface area contributed by atoms with Crippen LogP contribution in [-0.4, -0.2) is 34.7 Å². The third-order valence-electron chi connectivity index (χ3n) is 1.80. The van der Waals surface area contributed by atoms with Gasteiger partial charge in [-0.2, -0.15) is 0 Å². The van der Waals surface area contributed by atoms with Crippen LogP contribution in [0.2, 0.25) is 10.2 Å². The van der Waals surface area contributed by atoms with Gasteiger partial charge in [0.1, 0.15) is 11.3 Å². The highest BCUT2D eigenvalue weighted by Crippen LogP contribution is 2.26. The van der Waals surface area contributed by atoms with Gasteiger partial charge in [-0.3, -0.25) is 9.52 Å². The van der Waals surface area contributed by atoms with Crippen molar-refractivity contribution >= 4 is 45.0 Å². The van der Waals surface area contributed by atoms with Crippen molar-refractivity contribution in [2.24, 2.45) is 0 Å². The molecule has 0 aliphatic rings. The molecule has 0 spiro atoms. The quantitative estimate of drug-likeness (QED) is 0.803. The number of sulfonamides is 1. The summed E-state index contributed by atoms with van der Waals surface area (Å²) in [5.41, 5.74) is 0. The van der Waals surface area contributed by atoms with Crippen molar-refractivity contribution in [1.82, 2.24) is 9.97 Å². The monoisotopic (exact) mass is 299 g/mol. The fourth-order valence-electron chi connectivity index (χ4n) is 0.775. The number of aliphatic carboxylic acids is 1. The van der Waals surface area contributed by atoms with Gasteiger partial charge in [0.2, 0.25) is 10.0 Å². The van der Waals surface area contributed by atoms with Gasteiger partial charge in [-0.1, -0.05) is 23.2 Å². The molecule has 0 saturated carbocycles. The van der Waals surface area contributed by atoms with Crippen molar-refractivity contribution in [1.29, 1.82) is 0 Å². The Morgan fingerprint density at radius 1 is 1.47 bits per heavy atom. The molecule has 0 radical (unpaired) electrons. The summed E-state index contributed by atoms with van der Waals surface area (Å²) in [4.78, 5) is 17.7. The van der Waals surface area contributed by atoms with E-state index >= 15 is 0 Å². The molecule has 1 heterocycles. The molecule has 1 rings (SSSR count). The zero-order chi connectivity index (χ0) is 13.2. The summed E-state index contributed by atoms with van der Waals surface area (Å²) >= 11 is 11.2. The first-order chi connectivity index (χ1) is 7.75. The number of rotatable bonds is 4. The van der Waals surface area contributed by atoms with Crippen molar-refractivity contribution in [3.8, 4) is 0 Å². The van der Waals surface area contributed by atoms with Gasteiger partial charge in [0.15, 0.2) is 16.2 Å². The van der Waals surface area contributed by atoms with E-state index < -0.39 is 21.2 Å². The van der Waals surface area contributed by atoms with Gasteiger partial charge in [-0.05, 0) is 6.92 Å². The minimum atomic E-state index is -4.13. The van der Waals surface area contributed by atoms with Crippen LogP contribution < -0.4 is 4.72 Å². The van der Waals surface area contributed by atoms with E-state index in [0.717, 1.165) is 13.3 Å². The molecule has 10 heteroatoms. The van der Waals surface area contributed by atoms with E-state index in [0.29, 0.717) is 0 Å². The SMILES string of the molecule is CC(C(=O)O)S(=O)(=O)Nc1ncnc(Cl)c1Cl. The molecule has 1 aromatic rings. The highest BCUT2D eigenvalue weighted by molar-refractivity contribution is 7.94. The Morgan fingerprint density at radius 3 is 2.59 bits per heavy atom. The molecular formula is C7H7Cl2N3O4S. The Hall–Kier alpha value is -1.12. The van der Waals surface area contributed by atoms with Gasteiger partial charge >= 0.3 is 5.97 Å². The number of hydrogen-bond donors (Lipinski definition) is 2. The predicted octanol–water partition coefficient (Wildman–Crippen LogP) is 0.998. The van der Waals surface area contributed by atoms with Crippen LogP contribution in [0.15, 0.2) is 6.33 Å². The van der Waals surface area contributed by atoms with E-state index in [9.17, 15) is 13.2 Å². The van der Waals surface area contributed by atoms with E-state index in [1.165, 1.54) is 0 Å². The van der Waals surface area contributed by atoms with Crippen LogP contribution in [0.25, 0.3) is 0 Å².